The van der Waals surface area contributed by atoms with Crippen molar-refractivity contribution >= 4 is 23.0 Å². The summed E-state index contributed by atoms with van der Waals surface area (Å²) in [5.74, 6) is 0.885. The second-order valence-electron chi connectivity index (χ2n) is 6.35. The first-order chi connectivity index (χ1) is 12.4. The van der Waals surface area contributed by atoms with Crippen molar-refractivity contribution in [1.29, 1.82) is 0 Å². The van der Waals surface area contributed by atoms with Gasteiger partial charge in [0, 0.05) is 18.5 Å². The molecule has 26 heavy (non-hydrogen) atoms. The minimum absolute atomic E-state index is 0.119. The highest BCUT2D eigenvalue weighted by Gasteiger charge is 2.31. The topological polar surface area (TPSA) is 41.6 Å². The van der Waals surface area contributed by atoms with Crippen LogP contribution in [-0.2, 0) is 6.18 Å². The Bertz CT molecular complexity index is 728. The third-order valence-electron chi connectivity index (χ3n) is 4.54. The van der Waals surface area contributed by atoms with Crippen molar-refractivity contribution in [2.75, 3.05) is 25.0 Å². The van der Waals surface area contributed by atoms with Gasteiger partial charge in [-0.2, -0.15) is 13.2 Å². The fourth-order valence-electron chi connectivity index (χ4n) is 3.26. The zero-order valence-corrected chi connectivity index (χ0v) is 14.9. The lowest BCUT2D eigenvalue weighted by atomic mass is 10.2. The van der Waals surface area contributed by atoms with Crippen molar-refractivity contribution in [2.24, 2.45) is 0 Å². The van der Waals surface area contributed by atoms with E-state index in [9.17, 15) is 13.2 Å². The van der Waals surface area contributed by atoms with Crippen molar-refractivity contribution in [3.05, 3.63) is 54.0 Å². The minimum Gasteiger partial charge on any atom is -0.463 e. The Morgan fingerprint density at radius 2 is 1.96 bits per heavy atom. The minimum atomic E-state index is -4.38. The number of quaternary nitrogens is 1. The summed E-state index contributed by atoms with van der Waals surface area (Å²) in [6.07, 6.45) is -0.369. The molecule has 8 heteroatoms. The van der Waals surface area contributed by atoms with Crippen LogP contribution < -0.4 is 15.5 Å². The summed E-state index contributed by atoms with van der Waals surface area (Å²) in [7, 11) is 0. The molecule has 1 aliphatic heterocycles. The number of alkyl halides is 3. The van der Waals surface area contributed by atoms with E-state index in [1.807, 2.05) is 12.1 Å². The van der Waals surface area contributed by atoms with Crippen molar-refractivity contribution in [3.63, 3.8) is 0 Å². The van der Waals surface area contributed by atoms with E-state index >= 15 is 0 Å². The van der Waals surface area contributed by atoms with Gasteiger partial charge in [-0.15, -0.1) is 0 Å². The highest BCUT2D eigenvalue weighted by Crippen LogP contribution is 2.30. The normalized spacial score (nSPS) is 16.4. The highest BCUT2D eigenvalue weighted by molar-refractivity contribution is 7.80. The molecule has 0 unspecified atom stereocenters. The summed E-state index contributed by atoms with van der Waals surface area (Å²) in [6, 6.07) is 8.91. The number of rotatable bonds is 5. The van der Waals surface area contributed by atoms with Crippen molar-refractivity contribution in [1.82, 2.24) is 5.32 Å². The van der Waals surface area contributed by atoms with Crippen LogP contribution in [0, 0.1) is 0 Å². The molecule has 3 N–H and O–H groups in total. The van der Waals surface area contributed by atoms with Crippen LogP contribution in [0.25, 0.3) is 0 Å². The van der Waals surface area contributed by atoms with Gasteiger partial charge in [-0.25, -0.2) is 0 Å². The van der Waals surface area contributed by atoms with E-state index in [0.29, 0.717) is 17.3 Å². The van der Waals surface area contributed by atoms with Gasteiger partial charge in [-0.3, -0.25) is 0 Å². The number of hydrogen-bond donors (Lipinski definition) is 3. The number of thiocarbonyl (C=S) groups is 1. The quantitative estimate of drug-likeness (QED) is 0.694. The van der Waals surface area contributed by atoms with E-state index in [2.05, 4.69) is 10.6 Å². The zero-order chi connectivity index (χ0) is 18.6. The molecular weight excluding hydrogens is 363 g/mol. The van der Waals surface area contributed by atoms with E-state index in [0.717, 1.165) is 31.0 Å². The molecule has 2 heterocycles. The maximum atomic E-state index is 12.8. The molecule has 0 spiro atoms. The fourth-order valence-corrected chi connectivity index (χ4v) is 3.46. The largest absolute Gasteiger partial charge is 0.463 e. The molecule has 1 aromatic carbocycles. The number of anilines is 1. The van der Waals surface area contributed by atoms with Crippen LogP contribution >= 0.6 is 12.2 Å². The Morgan fingerprint density at radius 3 is 2.62 bits per heavy atom. The van der Waals surface area contributed by atoms with Gasteiger partial charge in [0.2, 0.25) is 0 Å². The third-order valence-corrected chi connectivity index (χ3v) is 4.79. The Morgan fingerprint density at radius 1 is 1.19 bits per heavy atom. The number of benzene rings is 1. The molecule has 0 saturated carbocycles. The van der Waals surface area contributed by atoms with Gasteiger partial charge in [0.1, 0.15) is 0 Å². The van der Waals surface area contributed by atoms with E-state index < -0.39 is 11.7 Å². The smallest absolute Gasteiger partial charge is 0.416 e. The second-order valence-corrected chi connectivity index (χ2v) is 6.76. The number of nitrogens with one attached hydrogen (secondary N) is 3. The third kappa shape index (κ3) is 4.76. The molecular formula is C18H21F3N3OS+. The molecule has 0 radical (unpaired) electrons. The van der Waals surface area contributed by atoms with Gasteiger partial charge in [0.15, 0.2) is 16.9 Å². The van der Waals surface area contributed by atoms with Gasteiger partial charge in [0.25, 0.3) is 0 Å². The van der Waals surface area contributed by atoms with Gasteiger partial charge in [-0.05, 0) is 42.5 Å². The maximum absolute atomic E-state index is 12.8. The summed E-state index contributed by atoms with van der Waals surface area (Å²) < 4.78 is 44.0. The lowest BCUT2D eigenvalue weighted by Crippen LogP contribution is -3.11. The molecule has 0 bridgehead atoms. The number of likely N-dealkylation sites (tertiary alicyclic amines) is 1. The summed E-state index contributed by atoms with van der Waals surface area (Å²) in [4.78, 5) is 1.43. The number of furan rings is 1. The molecule has 0 aliphatic carbocycles. The van der Waals surface area contributed by atoms with Crippen LogP contribution in [0.5, 0.6) is 0 Å². The van der Waals surface area contributed by atoms with E-state index in [-0.39, 0.29) is 6.04 Å². The lowest BCUT2D eigenvalue weighted by molar-refractivity contribution is -0.919. The SMILES string of the molecule is FC(F)(F)c1cccc(NC(=S)NC[C@@H](c2ccco2)[NH+]2CCCC2)c1. The summed E-state index contributed by atoms with van der Waals surface area (Å²) in [5.41, 5.74) is -0.402. The van der Waals surface area contributed by atoms with Crippen LogP contribution in [0.2, 0.25) is 0 Å². The Balaban J connectivity index is 1.60. The lowest BCUT2D eigenvalue weighted by Gasteiger charge is -2.24. The Labute approximate surface area is 155 Å². The molecule has 1 aliphatic rings. The molecule has 3 rings (SSSR count). The molecule has 4 nitrogen and oxygen atoms in total. The standard InChI is InChI=1S/C18H20F3N3OS/c19-18(20,21)13-5-3-6-14(11-13)23-17(26)22-12-15(16-7-4-10-25-16)24-8-1-2-9-24/h3-7,10-11,15H,1-2,8-9,12H2,(H2,22,23,26)/p+1/t15-/m0/s1. The predicted molar refractivity (Wildman–Crippen MR) is 97.0 cm³/mol. The van der Waals surface area contributed by atoms with Crippen LogP contribution in [-0.4, -0.2) is 24.7 Å². The molecule has 1 aromatic heterocycles. The molecule has 140 valence electrons. The first-order valence-corrected chi connectivity index (χ1v) is 8.94. The summed E-state index contributed by atoms with van der Waals surface area (Å²) in [6.45, 7) is 2.69. The van der Waals surface area contributed by atoms with Crippen LogP contribution in [0.15, 0.2) is 47.1 Å². The van der Waals surface area contributed by atoms with Crippen LogP contribution in [0.3, 0.4) is 0 Å². The highest BCUT2D eigenvalue weighted by atomic mass is 32.1. The van der Waals surface area contributed by atoms with Gasteiger partial charge < -0.3 is 20.0 Å². The number of halogens is 3. The summed E-state index contributed by atoms with van der Waals surface area (Å²) >= 11 is 5.25. The first-order valence-electron chi connectivity index (χ1n) is 8.53. The molecule has 2 aromatic rings. The van der Waals surface area contributed by atoms with Crippen LogP contribution in [0.1, 0.15) is 30.2 Å². The van der Waals surface area contributed by atoms with Crippen molar-refractivity contribution in [3.8, 4) is 0 Å². The number of hydrogen-bond acceptors (Lipinski definition) is 2. The molecule has 0 amide bonds. The van der Waals surface area contributed by atoms with E-state index in [1.54, 1.807) is 12.3 Å². The Hall–Kier alpha value is -2.06. The zero-order valence-electron chi connectivity index (χ0n) is 14.1. The van der Waals surface area contributed by atoms with E-state index in [1.165, 1.54) is 23.8 Å². The molecule has 1 atom stereocenters. The van der Waals surface area contributed by atoms with Crippen LogP contribution in [0.4, 0.5) is 18.9 Å². The monoisotopic (exact) mass is 384 g/mol. The van der Waals surface area contributed by atoms with Crippen molar-refractivity contribution in [2.45, 2.75) is 25.1 Å². The van der Waals surface area contributed by atoms with Gasteiger partial charge in [0.05, 0.1) is 31.5 Å². The average Bonchev–Trinajstić information content (AvgIpc) is 3.28. The van der Waals surface area contributed by atoms with Gasteiger partial charge in [-0.1, -0.05) is 6.07 Å². The van der Waals surface area contributed by atoms with Crippen molar-refractivity contribution < 1.29 is 22.5 Å². The fraction of sp³-hybridized carbons (Fsp3) is 0.389. The van der Waals surface area contributed by atoms with E-state index in [4.69, 9.17) is 16.6 Å². The predicted octanol–water partition coefficient (Wildman–Crippen LogP) is 3.00. The molecule has 1 fully saturated rings. The maximum Gasteiger partial charge on any atom is 0.416 e. The molecule has 1 saturated heterocycles. The first kappa shape index (κ1) is 18.7. The average molecular weight is 384 g/mol. The second kappa shape index (κ2) is 8.09. The van der Waals surface area contributed by atoms with Gasteiger partial charge >= 0.3 is 6.18 Å². The Kier molecular flexibility index (Phi) is 5.83. The summed E-state index contributed by atoms with van der Waals surface area (Å²) in [5, 5.41) is 6.23.